The zero-order chi connectivity index (χ0) is 16.1. The van der Waals surface area contributed by atoms with E-state index < -0.39 is 6.09 Å². The number of esters is 1. The van der Waals surface area contributed by atoms with Gasteiger partial charge < -0.3 is 20.1 Å². The zero-order valence-electron chi connectivity index (χ0n) is 13.4. The summed E-state index contributed by atoms with van der Waals surface area (Å²) in [5.41, 5.74) is 3.18. The first kappa shape index (κ1) is 19.1. The van der Waals surface area contributed by atoms with E-state index in [2.05, 4.69) is 10.1 Å². The number of carbonyl (C=O) groups is 2. The van der Waals surface area contributed by atoms with Crippen molar-refractivity contribution in [1.82, 2.24) is 4.90 Å². The molecule has 0 saturated heterocycles. The van der Waals surface area contributed by atoms with E-state index in [1.165, 1.54) is 17.6 Å². The molecule has 0 saturated carbocycles. The zero-order valence-corrected chi connectivity index (χ0v) is 14.2. The highest BCUT2D eigenvalue weighted by Gasteiger charge is 2.23. The van der Waals surface area contributed by atoms with Crippen LogP contribution < -0.4 is 5.32 Å². The van der Waals surface area contributed by atoms with Crippen LogP contribution in [0.3, 0.4) is 0 Å². The summed E-state index contributed by atoms with van der Waals surface area (Å²) in [5, 5.41) is 12.4. The number of nitrogens with one attached hydrogen (secondary N) is 1. The third-order valence-corrected chi connectivity index (χ3v) is 4.05. The summed E-state index contributed by atoms with van der Waals surface area (Å²) < 4.78 is 4.68. The number of ether oxygens (including phenoxy) is 1. The fraction of sp³-hybridized carbons (Fsp3) is 0.500. The number of carboxylic acid groups (broad SMARTS) is 1. The Hall–Kier alpha value is -1.95. The van der Waals surface area contributed by atoms with Crippen LogP contribution in [0.1, 0.15) is 36.8 Å². The third kappa shape index (κ3) is 4.76. The molecule has 0 radical (unpaired) electrons. The van der Waals surface area contributed by atoms with E-state index in [0.717, 1.165) is 24.2 Å². The van der Waals surface area contributed by atoms with Crippen molar-refractivity contribution in [3.8, 4) is 0 Å². The SMILES string of the molecule is CCN(Cc1ccc2c(c1)NCC2CCC(=O)OC)C(=O)O.Cl. The first-order valence-corrected chi connectivity index (χ1v) is 7.46. The van der Waals surface area contributed by atoms with Crippen LogP contribution in [0, 0.1) is 0 Å². The monoisotopic (exact) mass is 342 g/mol. The summed E-state index contributed by atoms with van der Waals surface area (Å²) in [6.07, 6.45) is 0.251. The van der Waals surface area contributed by atoms with E-state index in [-0.39, 0.29) is 18.4 Å². The summed E-state index contributed by atoms with van der Waals surface area (Å²) in [4.78, 5) is 23.7. The highest BCUT2D eigenvalue weighted by atomic mass is 35.5. The van der Waals surface area contributed by atoms with Gasteiger partial charge in [0.2, 0.25) is 0 Å². The number of hydrogen-bond donors (Lipinski definition) is 2. The molecule has 1 aliphatic rings. The molecule has 23 heavy (non-hydrogen) atoms. The first-order chi connectivity index (χ1) is 10.5. The molecule has 1 atom stereocenters. The molecule has 7 heteroatoms. The third-order valence-electron chi connectivity index (χ3n) is 4.05. The maximum atomic E-state index is 11.2. The second-order valence-corrected chi connectivity index (χ2v) is 5.41. The van der Waals surface area contributed by atoms with E-state index >= 15 is 0 Å². The second-order valence-electron chi connectivity index (χ2n) is 5.41. The van der Waals surface area contributed by atoms with Crippen LogP contribution in [0.15, 0.2) is 18.2 Å². The maximum absolute atomic E-state index is 11.2. The van der Waals surface area contributed by atoms with E-state index in [1.54, 1.807) is 0 Å². The molecular weight excluding hydrogens is 320 g/mol. The molecule has 2 N–H and O–H groups in total. The molecule has 6 nitrogen and oxygen atoms in total. The van der Waals surface area contributed by atoms with Crippen LogP contribution in [-0.2, 0) is 16.1 Å². The van der Waals surface area contributed by atoms with Gasteiger partial charge >= 0.3 is 12.1 Å². The van der Waals surface area contributed by atoms with Gasteiger partial charge in [-0.25, -0.2) is 4.79 Å². The van der Waals surface area contributed by atoms with Gasteiger partial charge in [0.15, 0.2) is 0 Å². The summed E-state index contributed by atoms with van der Waals surface area (Å²) in [6, 6.07) is 5.99. The number of rotatable bonds is 6. The van der Waals surface area contributed by atoms with Gasteiger partial charge in [-0.2, -0.15) is 0 Å². The topological polar surface area (TPSA) is 78.9 Å². The second kappa shape index (κ2) is 8.62. The molecule has 0 aliphatic carbocycles. The molecule has 1 aliphatic heterocycles. The van der Waals surface area contributed by atoms with Crippen molar-refractivity contribution in [1.29, 1.82) is 0 Å². The van der Waals surface area contributed by atoms with Gasteiger partial charge in [0, 0.05) is 37.7 Å². The largest absolute Gasteiger partial charge is 0.469 e. The van der Waals surface area contributed by atoms with Crippen LogP contribution in [0.2, 0.25) is 0 Å². The summed E-state index contributed by atoms with van der Waals surface area (Å²) >= 11 is 0. The fourth-order valence-corrected chi connectivity index (χ4v) is 2.74. The maximum Gasteiger partial charge on any atom is 0.407 e. The van der Waals surface area contributed by atoms with Crippen molar-refractivity contribution in [2.45, 2.75) is 32.2 Å². The highest BCUT2D eigenvalue weighted by Crippen LogP contribution is 2.35. The molecule has 1 amide bonds. The molecular formula is C16H23ClN2O4. The molecule has 1 unspecified atom stereocenters. The van der Waals surface area contributed by atoms with E-state index in [0.29, 0.717) is 25.4 Å². The predicted molar refractivity (Wildman–Crippen MR) is 90.3 cm³/mol. The van der Waals surface area contributed by atoms with Crippen molar-refractivity contribution in [2.24, 2.45) is 0 Å². The number of nitrogens with zero attached hydrogens (tertiary/aromatic N) is 1. The average Bonchev–Trinajstić information content (AvgIpc) is 2.92. The lowest BCUT2D eigenvalue weighted by atomic mass is 9.95. The van der Waals surface area contributed by atoms with Crippen LogP contribution in [-0.4, -0.2) is 42.3 Å². The van der Waals surface area contributed by atoms with Crippen LogP contribution in [0.5, 0.6) is 0 Å². The number of methoxy groups -OCH3 is 1. The molecule has 128 valence electrons. The van der Waals surface area contributed by atoms with Crippen molar-refractivity contribution >= 4 is 30.2 Å². The van der Waals surface area contributed by atoms with Gasteiger partial charge in [0.1, 0.15) is 0 Å². The van der Waals surface area contributed by atoms with Crippen LogP contribution in [0.4, 0.5) is 10.5 Å². The minimum absolute atomic E-state index is 0. The van der Waals surface area contributed by atoms with E-state index in [9.17, 15) is 9.59 Å². The Morgan fingerprint density at radius 1 is 1.43 bits per heavy atom. The van der Waals surface area contributed by atoms with E-state index in [1.807, 2.05) is 25.1 Å². The number of fused-ring (bicyclic) bond motifs is 1. The Kier molecular flexibility index (Phi) is 7.16. The van der Waals surface area contributed by atoms with E-state index in [4.69, 9.17) is 5.11 Å². The first-order valence-electron chi connectivity index (χ1n) is 7.46. The molecule has 1 aromatic carbocycles. The summed E-state index contributed by atoms with van der Waals surface area (Å²) in [6.45, 7) is 3.46. The smallest absolute Gasteiger partial charge is 0.407 e. The Morgan fingerprint density at radius 3 is 2.78 bits per heavy atom. The molecule has 0 spiro atoms. The number of anilines is 1. The fourth-order valence-electron chi connectivity index (χ4n) is 2.74. The quantitative estimate of drug-likeness (QED) is 0.777. The minimum Gasteiger partial charge on any atom is -0.469 e. The Balaban J connectivity index is 0.00000264. The lowest BCUT2D eigenvalue weighted by Crippen LogP contribution is -2.28. The van der Waals surface area contributed by atoms with Gasteiger partial charge in [-0.05, 0) is 30.5 Å². The number of halogens is 1. The number of hydrogen-bond acceptors (Lipinski definition) is 4. The van der Waals surface area contributed by atoms with Crippen molar-refractivity contribution in [3.63, 3.8) is 0 Å². The van der Waals surface area contributed by atoms with Crippen molar-refractivity contribution in [2.75, 3.05) is 25.5 Å². The molecule has 1 aromatic rings. The van der Waals surface area contributed by atoms with Gasteiger partial charge in [-0.15, -0.1) is 12.4 Å². The normalized spacial score (nSPS) is 15.1. The molecule has 2 rings (SSSR count). The summed E-state index contributed by atoms with van der Waals surface area (Å²) in [7, 11) is 1.40. The number of amides is 1. The summed E-state index contributed by atoms with van der Waals surface area (Å²) in [5.74, 6) is 0.106. The average molecular weight is 343 g/mol. The van der Waals surface area contributed by atoms with Gasteiger partial charge in [-0.3, -0.25) is 4.79 Å². The van der Waals surface area contributed by atoms with Gasteiger partial charge in [-0.1, -0.05) is 12.1 Å². The van der Waals surface area contributed by atoms with Crippen molar-refractivity contribution < 1.29 is 19.4 Å². The Morgan fingerprint density at radius 2 is 2.17 bits per heavy atom. The minimum atomic E-state index is -0.910. The molecule has 0 fully saturated rings. The Labute approximate surface area is 142 Å². The standard InChI is InChI=1S/C16H22N2O4.ClH/c1-3-18(16(20)21)10-11-4-6-13-12(5-7-15(19)22-2)9-17-14(13)8-11;/h4,6,8,12,17H,3,5,7,9-10H2,1-2H3,(H,20,21);1H. The highest BCUT2D eigenvalue weighted by molar-refractivity contribution is 5.85. The lowest BCUT2D eigenvalue weighted by Gasteiger charge is -2.17. The molecule has 1 heterocycles. The predicted octanol–water partition coefficient (Wildman–Crippen LogP) is 3.07. The van der Waals surface area contributed by atoms with Crippen LogP contribution >= 0.6 is 12.4 Å². The van der Waals surface area contributed by atoms with Gasteiger partial charge in [0.25, 0.3) is 0 Å². The van der Waals surface area contributed by atoms with Crippen LogP contribution in [0.25, 0.3) is 0 Å². The number of carbonyl (C=O) groups excluding carboxylic acids is 1. The van der Waals surface area contributed by atoms with Crippen molar-refractivity contribution in [3.05, 3.63) is 29.3 Å². The van der Waals surface area contributed by atoms with Gasteiger partial charge in [0.05, 0.1) is 7.11 Å². The lowest BCUT2D eigenvalue weighted by molar-refractivity contribution is -0.140. The molecule has 0 bridgehead atoms. The number of benzene rings is 1. The molecule has 0 aromatic heterocycles. The Bertz CT molecular complexity index is 565.